The summed E-state index contributed by atoms with van der Waals surface area (Å²) in [5, 5.41) is 0. The van der Waals surface area contributed by atoms with Crippen LogP contribution in [-0.2, 0) is 10.3 Å². The molecule has 2 aliphatic heterocycles. The van der Waals surface area contributed by atoms with E-state index in [1.807, 2.05) is 42.5 Å². The fourth-order valence-corrected chi connectivity index (χ4v) is 4.06. The van der Waals surface area contributed by atoms with E-state index in [-0.39, 0.29) is 12.0 Å². The Morgan fingerprint density at radius 2 is 1.75 bits per heavy atom. The summed E-state index contributed by atoms with van der Waals surface area (Å²) in [7, 11) is 0. The molecule has 28 heavy (non-hydrogen) atoms. The maximum atomic E-state index is 13.2. The smallest absolute Gasteiger partial charge is 0.410 e. The quantitative estimate of drug-likeness (QED) is 0.567. The molecule has 5 rings (SSSR count). The van der Waals surface area contributed by atoms with Crippen molar-refractivity contribution in [1.82, 2.24) is 0 Å². The molecule has 4 nitrogen and oxygen atoms in total. The zero-order valence-corrected chi connectivity index (χ0v) is 15.3. The van der Waals surface area contributed by atoms with Gasteiger partial charge in [-0.25, -0.2) is 4.79 Å². The van der Waals surface area contributed by atoms with Crippen molar-refractivity contribution in [1.29, 1.82) is 0 Å². The Morgan fingerprint density at radius 3 is 2.57 bits per heavy atom. The molecule has 0 saturated carbocycles. The summed E-state index contributed by atoms with van der Waals surface area (Å²) >= 11 is 0. The summed E-state index contributed by atoms with van der Waals surface area (Å²) in [6, 6.07) is 16.4. The first kappa shape index (κ1) is 16.7. The van der Waals surface area contributed by atoms with E-state index in [1.165, 1.54) is 0 Å². The van der Waals surface area contributed by atoms with Crippen LogP contribution >= 0.6 is 0 Å². The van der Waals surface area contributed by atoms with E-state index < -0.39 is 17.7 Å². The number of ether oxygens (including phenoxy) is 2. The number of para-hydroxylation sites is 2. The van der Waals surface area contributed by atoms with Gasteiger partial charge in [0.2, 0.25) is 0 Å². The van der Waals surface area contributed by atoms with Crippen molar-refractivity contribution in [3.05, 3.63) is 72.3 Å². The SMILES string of the molecule is C[C@H]1C#C/C=C/C#C[C@H]2[C@H]3O[C@@]31c1ccccc1N2C(=O)Oc1ccccc1. The van der Waals surface area contributed by atoms with Crippen LogP contribution in [-0.4, -0.2) is 18.2 Å². The zero-order valence-electron chi connectivity index (χ0n) is 15.3. The lowest BCUT2D eigenvalue weighted by Gasteiger charge is -2.35. The van der Waals surface area contributed by atoms with Crippen molar-refractivity contribution < 1.29 is 14.3 Å². The highest BCUT2D eigenvalue weighted by molar-refractivity contribution is 5.93. The largest absolute Gasteiger partial charge is 0.420 e. The minimum absolute atomic E-state index is 0.0296. The van der Waals surface area contributed by atoms with Gasteiger partial charge in [0.1, 0.15) is 23.5 Å². The van der Waals surface area contributed by atoms with E-state index in [0.29, 0.717) is 5.75 Å². The summed E-state index contributed by atoms with van der Waals surface area (Å²) in [6.45, 7) is 2.06. The van der Waals surface area contributed by atoms with Crippen LogP contribution in [0, 0.1) is 29.6 Å². The predicted octanol–water partition coefficient (Wildman–Crippen LogP) is 3.88. The van der Waals surface area contributed by atoms with E-state index >= 15 is 0 Å². The molecule has 1 saturated heterocycles. The van der Waals surface area contributed by atoms with Crippen molar-refractivity contribution in [2.45, 2.75) is 24.7 Å². The normalized spacial score (nSPS) is 29.6. The Hall–Kier alpha value is -3.47. The summed E-state index contributed by atoms with van der Waals surface area (Å²) in [5.74, 6) is 12.9. The fourth-order valence-electron chi connectivity index (χ4n) is 4.06. The first-order valence-electron chi connectivity index (χ1n) is 9.22. The van der Waals surface area contributed by atoms with Gasteiger partial charge in [-0.3, -0.25) is 4.90 Å². The average Bonchev–Trinajstić information content (AvgIpc) is 3.48. The number of anilines is 1. The third kappa shape index (κ3) is 2.43. The van der Waals surface area contributed by atoms with Gasteiger partial charge >= 0.3 is 6.09 Å². The molecule has 3 aliphatic rings. The molecule has 1 aliphatic carbocycles. The number of carbonyl (C=O) groups excluding carboxylic acids is 1. The van der Waals surface area contributed by atoms with Gasteiger partial charge in [0.25, 0.3) is 0 Å². The number of nitrogens with zero attached hydrogens (tertiary/aromatic N) is 1. The zero-order chi connectivity index (χ0) is 19.1. The van der Waals surface area contributed by atoms with Crippen molar-refractivity contribution in [2.75, 3.05) is 4.90 Å². The first-order chi connectivity index (χ1) is 13.7. The van der Waals surface area contributed by atoms with Gasteiger partial charge in [-0.05, 0) is 37.3 Å². The molecule has 0 unspecified atom stereocenters. The fraction of sp³-hybridized carbons (Fsp3) is 0.208. The molecule has 0 spiro atoms. The van der Waals surface area contributed by atoms with Gasteiger partial charge in [0.05, 0.1) is 11.6 Å². The molecule has 136 valence electrons. The molecule has 0 aromatic heterocycles. The van der Waals surface area contributed by atoms with Gasteiger partial charge in [0.15, 0.2) is 0 Å². The minimum atomic E-state index is -0.544. The van der Waals surface area contributed by atoms with Crippen LogP contribution in [0.1, 0.15) is 12.5 Å². The molecule has 2 aromatic carbocycles. The molecule has 2 aromatic rings. The van der Waals surface area contributed by atoms with Crippen molar-refractivity contribution >= 4 is 11.8 Å². The topological polar surface area (TPSA) is 42.1 Å². The van der Waals surface area contributed by atoms with Crippen molar-refractivity contribution in [2.24, 2.45) is 5.92 Å². The number of benzene rings is 2. The molecule has 1 fully saturated rings. The van der Waals surface area contributed by atoms with Gasteiger partial charge in [-0.2, -0.15) is 0 Å². The monoisotopic (exact) mass is 367 g/mol. The second-order valence-corrected chi connectivity index (χ2v) is 6.98. The number of fused-ring (bicyclic) bond motifs is 1. The Labute approximate surface area is 163 Å². The Morgan fingerprint density at radius 1 is 1.04 bits per heavy atom. The Balaban J connectivity index is 1.63. The molecule has 4 atom stereocenters. The molecule has 2 bridgehead atoms. The number of allylic oxidation sites excluding steroid dienone is 2. The van der Waals surface area contributed by atoms with Crippen LogP contribution in [0.25, 0.3) is 0 Å². The third-order valence-electron chi connectivity index (χ3n) is 5.41. The number of carbonyl (C=O) groups is 1. The van der Waals surface area contributed by atoms with E-state index in [2.05, 4.69) is 30.6 Å². The summed E-state index contributed by atoms with van der Waals surface area (Å²) in [4.78, 5) is 14.8. The lowest BCUT2D eigenvalue weighted by Crippen LogP contribution is -2.50. The summed E-state index contributed by atoms with van der Waals surface area (Å²) in [5.41, 5.74) is 1.17. The first-order valence-corrected chi connectivity index (χ1v) is 9.22. The second-order valence-electron chi connectivity index (χ2n) is 6.98. The molecule has 0 radical (unpaired) electrons. The van der Waals surface area contributed by atoms with Crippen LogP contribution in [0.2, 0.25) is 0 Å². The van der Waals surface area contributed by atoms with E-state index in [9.17, 15) is 4.79 Å². The summed E-state index contributed by atoms with van der Waals surface area (Å²) < 4.78 is 11.9. The summed E-state index contributed by atoms with van der Waals surface area (Å²) in [6.07, 6.45) is 2.73. The third-order valence-corrected chi connectivity index (χ3v) is 5.41. The number of rotatable bonds is 1. The maximum Gasteiger partial charge on any atom is 0.420 e. The highest BCUT2D eigenvalue weighted by Crippen LogP contribution is 2.60. The maximum absolute atomic E-state index is 13.2. The van der Waals surface area contributed by atoms with Crippen LogP contribution in [0.15, 0.2) is 66.7 Å². The standard InChI is InChI=1S/C24H17NO3/c1-17-11-5-2-3-8-16-21-22-24(17,28-22)19-14-9-10-15-20(19)25(21)23(26)27-18-12-6-4-7-13-18/h2-4,6-7,9-10,12-15,17,21-22H,1H3/b3-2+/t17-,21-,22+,24-/m0/s1. The Bertz CT molecular complexity index is 1100. The molecular weight excluding hydrogens is 350 g/mol. The van der Waals surface area contributed by atoms with Gasteiger partial charge in [-0.15, -0.1) is 0 Å². The van der Waals surface area contributed by atoms with E-state index in [4.69, 9.17) is 9.47 Å². The minimum Gasteiger partial charge on any atom is -0.410 e. The van der Waals surface area contributed by atoms with Gasteiger partial charge < -0.3 is 9.47 Å². The van der Waals surface area contributed by atoms with Crippen molar-refractivity contribution in [3.63, 3.8) is 0 Å². The number of hydrogen-bond acceptors (Lipinski definition) is 3. The lowest BCUT2D eigenvalue weighted by molar-refractivity contribution is 0.204. The molecule has 2 heterocycles. The number of amides is 1. The number of hydrogen-bond donors (Lipinski definition) is 0. The number of epoxide rings is 1. The van der Waals surface area contributed by atoms with Gasteiger partial charge in [-0.1, -0.05) is 60.1 Å². The van der Waals surface area contributed by atoms with Crippen molar-refractivity contribution in [3.8, 4) is 29.4 Å². The van der Waals surface area contributed by atoms with E-state index in [0.717, 1.165) is 11.3 Å². The highest BCUT2D eigenvalue weighted by Gasteiger charge is 2.69. The molecule has 1 amide bonds. The second kappa shape index (κ2) is 6.30. The van der Waals surface area contributed by atoms with E-state index in [1.54, 1.807) is 29.2 Å². The highest BCUT2D eigenvalue weighted by atomic mass is 16.6. The molecular formula is C24H17NO3. The average molecular weight is 367 g/mol. The lowest BCUT2D eigenvalue weighted by atomic mass is 9.78. The van der Waals surface area contributed by atoms with Gasteiger partial charge in [0, 0.05) is 5.56 Å². The van der Waals surface area contributed by atoms with Crippen LogP contribution in [0.4, 0.5) is 10.5 Å². The van der Waals surface area contributed by atoms with Crippen LogP contribution < -0.4 is 9.64 Å². The predicted molar refractivity (Wildman–Crippen MR) is 106 cm³/mol. The Kier molecular flexibility index (Phi) is 3.76. The van der Waals surface area contributed by atoms with Crippen LogP contribution in [0.5, 0.6) is 5.75 Å². The molecule has 0 N–H and O–H groups in total. The van der Waals surface area contributed by atoms with Crippen LogP contribution in [0.3, 0.4) is 0 Å². The molecule has 4 heteroatoms.